The molecule has 0 spiro atoms. The summed E-state index contributed by atoms with van der Waals surface area (Å²) in [5.74, 6) is 0. The maximum atomic E-state index is 12.3. The van der Waals surface area contributed by atoms with Gasteiger partial charge >= 0.3 is 0 Å². The van der Waals surface area contributed by atoms with E-state index in [0.29, 0.717) is 0 Å². The van der Waals surface area contributed by atoms with Crippen molar-refractivity contribution < 1.29 is 25.5 Å². The lowest BCUT2D eigenvalue weighted by Crippen LogP contribution is -1.95. The van der Waals surface area contributed by atoms with E-state index in [1.807, 2.05) is 0 Å². The zero-order chi connectivity index (χ0) is 31.7. The Morgan fingerprint density at radius 3 is 1.37 bits per heavy atom. The summed E-state index contributed by atoms with van der Waals surface area (Å²) in [6.45, 7) is 0. The quantitative estimate of drug-likeness (QED) is 0.302. The zero-order valence-electron chi connectivity index (χ0n) is 28.4. The van der Waals surface area contributed by atoms with Crippen LogP contribution in [-0.2, 0) is 0 Å². The summed E-state index contributed by atoms with van der Waals surface area (Å²) in [5.41, 5.74) is -4.17. The molecule has 0 aliphatic carbocycles. The molecular weight excluding hydrogens is 334 g/mol. The number of nitrogens with zero attached hydrogens (tertiary/aromatic N) is 1. The fraction of sp³-hybridized carbons (Fsp3) is 0. The molecule has 0 saturated heterocycles. The van der Waals surface area contributed by atoms with Crippen LogP contribution < -0.4 is 0 Å². The molecule has 0 fully saturated rings. The smallest absolute Gasteiger partial charge is 0.258 e. The second kappa shape index (κ2) is 7.26. The third-order valence-corrected chi connectivity index (χ3v) is 3.64. The molecule has 0 radical (unpaired) electrons. The molecule has 27 heavy (non-hydrogen) atoms. The largest absolute Gasteiger partial charge is 0.277 e. The molecule has 0 N–H and O–H groups in total. The molecule has 0 amide bonds. The van der Waals surface area contributed by atoms with Crippen molar-refractivity contribution >= 4 is 5.69 Å². The highest BCUT2D eigenvalue weighted by Gasteiger charge is 2.20. The highest BCUT2D eigenvalue weighted by atomic mass is 16.6. The predicted octanol–water partition coefficient (Wildman–Crippen LogP) is 6.60. The van der Waals surface area contributed by atoms with Gasteiger partial charge in [0.15, 0.2) is 0 Å². The van der Waals surface area contributed by atoms with Crippen LogP contribution in [0.15, 0.2) is 103 Å². The van der Waals surface area contributed by atoms with E-state index in [2.05, 4.69) is 0 Å². The van der Waals surface area contributed by atoms with E-state index in [4.69, 9.17) is 20.6 Å². The molecule has 4 aromatic rings. The molecule has 0 unspecified atom stereocenters. The van der Waals surface area contributed by atoms with Crippen molar-refractivity contribution in [1.82, 2.24) is 0 Å². The first-order valence-corrected chi connectivity index (χ1v) is 7.49. The van der Waals surface area contributed by atoms with Crippen LogP contribution in [0, 0.1) is 10.1 Å². The minimum atomic E-state index is -0.972. The zero-order valence-corrected chi connectivity index (χ0v) is 13.4. The maximum Gasteiger partial charge on any atom is 0.277 e. The Labute approximate surface area is 178 Å². The Bertz CT molecular complexity index is 1790. The van der Waals surface area contributed by atoms with Gasteiger partial charge in [0.05, 0.1) is 31.0 Å². The van der Waals surface area contributed by atoms with Crippen LogP contribution in [0.4, 0.5) is 5.69 Å². The van der Waals surface area contributed by atoms with E-state index >= 15 is 0 Å². The van der Waals surface area contributed by atoms with Gasteiger partial charge in [-0.3, -0.25) is 10.1 Å². The molecule has 4 rings (SSSR count). The summed E-state index contributed by atoms with van der Waals surface area (Å²) in [5, 5.41) is 12.3. The summed E-state index contributed by atoms with van der Waals surface area (Å²) in [4.78, 5) is 11.4. The van der Waals surface area contributed by atoms with Crippen molar-refractivity contribution in [2.45, 2.75) is 0 Å². The Morgan fingerprint density at radius 2 is 0.963 bits per heavy atom. The van der Waals surface area contributed by atoms with E-state index in [1.54, 1.807) is 0 Å². The second-order valence-electron chi connectivity index (χ2n) is 5.17. The predicted molar refractivity (Wildman–Crippen MR) is 109 cm³/mol. The Morgan fingerprint density at radius 1 is 0.593 bits per heavy atom. The van der Waals surface area contributed by atoms with Gasteiger partial charge in [-0.2, -0.15) is 0 Å². The summed E-state index contributed by atoms with van der Waals surface area (Å²) in [7, 11) is 0. The number of nitro benzene ring substituents is 1. The van der Waals surface area contributed by atoms with Gasteiger partial charge in [-0.15, -0.1) is 0 Å². The summed E-state index contributed by atoms with van der Waals surface area (Å²) in [6, 6.07) is -10.4. The molecule has 0 aromatic heterocycles. The van der Waals surface area contributed by atoms with Crippen molar-refractivity contribution in [3.05, 3.63) is 113 Å². The Hall–Kier alpha value is -3.72. The summed E-state index contributed by atoms with van der Waals surface area (Å²) < 4.78 is 123. The second-order valence-corrected chi connectivity index (χ2v) is 5.17. The van der Waals surface area contributed by atoms with Crippen molar-refractivity contribution in [2.75, 3.05) is 0 Å². The molecule has 0 atom stereocenters. The average molecular weight is 366 g/mol. The Balaban J connectivity index is 2.35. The van der Waals surface area contributed by atoms with Crippen molar-refractivity contribution in [3.63, 3.8) is 0 Å². The van der Waals surface area contributed by atoms with Crippen LogP contribution in [0.2, 0.25) is 0 Å². The topological polar surface area (TPSA) is 43.1 Å². The van der Waals surface area contributed by atoms with Gasteiger partial charge in [-0.1, -0.05) is 90.6 Å². The SMILES string of the molecule is [2H]c1c([2H])c([2H])c(-c2cc(-c3c([2H])c([2H])c([2H])c([2H])c3[2H])c([N+](=O)[O-])cc2-c2c([2H])c([2H])c([2H])c([2H])c2[2H])c([2H])c1[2H]. The maximum absolute atomic E-state index is 12.3. The van der Waals surface area contributed by atoms with Gasteiger partial charge in [-0.25, -0.2) is 0 Å². The van der Waals surface area contributed by atoms with Crippen LogP contribution in [0.1, 0.15) is 20.6 Å². The molecule has 0 heterocycles. The average Bonchev–Trinajstić information content (AvgIpc) is 2.95. The molecule has 130 valence electrons. The highest BCUT2D eigenvalue weighted by Crippen LogP contribution is 2.41. The van der Waals surface area contributed by atoms with Crippen LogP contribution in [0.25, 0.3) is 33.4 Å². The van der Waals surface area contributed by atoms with Crippen LogP contribution >= 0.6 is 0 Å². The molecular formula is C24H17NO2. The number of rotatable bonds is 4. The molecule has 3 nitrogen and oxygen atoms in total. The summed E-state index contributed by atoms with van der Waals surface area (Å²) >= 11 is 0. The Kier molecular flexibility index (Phi) is 1.82. The van der Waals surface area contributed by atoms with Crippen molar-refractivity contribution in [3.8, 4) is 33.4 Å². The number of hydrogen-bond donors (Lipinski definition) is 0. The van der Waals surface area contributed by atoms with Gasteiger partial charge in [0.1, 0.15) is 0 Å². The van der Waals surface area contributed by atoms with E-state index in [1.165, 1.54) is 0 Å². The third kappa shape index (κ3) is 3.35. The molecule has 0 aliphatic heterocycles. The van der Waals surface area contributed by atoms with E-state index in [0.717, 1.165) is 12.1 Å². The van der Waals surface area contributed by atoms with Gasteiger partial charge in [0.25, 0.3) is 5.69 Å². The summed E-state index contributed by atoms with van der Waals surface area (Å²) in [6.07, 6.45) is 0. The lowest BCUT2D eigenvalue weighted by molar-refractivity contribution is -0.384. The van der Waals surface area contributed by atoms with Gasteiger partial charge < -0.3 is 0 Å². The molecule has 0 aliphatic rings. The first-order valence-electron chi connectivity index (χ1n) is 15.0. The lowest BCUT2D eigenvalue weighted by atomic mass is 9.90. The minimum Gasteiger partial charge on any atom is -0.258 e. The lowest BCUT2D eigenvalue weighted by Gasteiger charge is -2.14. The monoisotopic (exact) mass is 366 g/mol. The number of nitro groups is 1. The van der Waals surface area contributed by atoms with E-state index in [9.17, 15) is 10.1 Å². The normalized spacial score (nSPS) is 18.3. The van der Waals surface area contributed by atoms with E-state index in [-0.39, 0.29) is 0 Å². The molecule has 4 aromatic carbocycles. The van der Waals surface area contributed by atoms with Crippen molar-refractivity contribution in [1.29, 1.82) is 0 Å². The number of benzene rings is 4. The minimum absolute atomic E-state index is 0.432. The van der Waals surface area contributed by atoms with Gasteiger partial charge in [-0.05, 0) is 33.9 Å². The van der Waals surface area contributed by atoms with Gasteiger partial charge in [0.2, 0.25) is 0 Å². The van der Waals surface area contributed by atoms with E-state index < -0.39 is 135 Å². The standard InChI is InChI=1S/C24H17NO2/c26-25(27)24-17-22(19-12-6-2-7-13-19)21(18-10-4-1-5-11-18)16-23(24)20-14-8-3-9-15-20/h1-17H/i1D,2D,3D,4D,5D,6D,7D,8D,9D,10D,11D,12D,13D,14D,15D. The first-order chi connectivity index (χ1) is 19.4. The highest BCUT2D eigenvalue weighted by molar-refractivity contribution is 5.91. The fourth-order valence-electron chi connectivity index (χ4n) is 2.51. The fourth-order valence-corrected chi connectivity index (χ4v) is 2.51. The molecule has 0 bridgehead atoms. The molecule has 3 heteroatoms. The van der Waals surface area contributed by atoms with Crippen LogP contribution in [0.3, 0.4) is 0 Å². The number of hydrogen-bond acceptors (Lipinski definition) is 2. The molecule has 0 saturated carbocycles. The first kappa shape index (κ1) is 6.78. The van der Waals surface area contributed by atoms with Gasteiger partial charge in [0, 0.05) is 6.07 Å². The van der Waals surface area contributed by atoms with Crippen LogP contribution in [-0.4, -0.2) is 4.92 Å². The van der Waals surface area contributed by atoms with Crippen molar-refractivity contribution in [2.24, 2.45) is 0 Å². The van der Waals surface area contributed by atoms with Crippen LogP contribution in [0.5, 0.6) is 0 Å². The third-order valence-electron chi connectivity index (χ3n) is 3.64.